The summed E-state index contributed by atoms with van der Waals surface area (Å²) >= 11 is 0. The van der Waals surface area contributed by atoms with Crippen LogP contribution in [0.2, 0.25) is 0 Å². The average molecular weight is 466 g/mol. The van der Waals surface area contributed by atoms with Gasteiger partial charge in [-0.15, -0.1) is 0 Å². The molecule has 0 radical (unpaired) electrons. The van der Waals surface area contributed by atoms with E-state index in [2.05, 4.69) is 15.4 Å². The highest BCUT2D eigenvalue weighted by molar-refractivity contribution is 7.92. The number of anilines is 2. The molecular formula is C25H27N3O4S. The first-order valence-corrected chi connectivity index (χ1v) is 12.0. The zero-order chi connectivity index (χ0) is 24.0. The maximum atomic E-state index is 12.7. The Labute approximate surface area is 194 Å². The molecule has 0 heterocycles. The predicted molar refractivity (Wildman–Crippen MR) is 130 cm³/mol. The Hall–Kier alpha value is -3.65. The van der Waals surface area contributed by atoms with Gasteiger partial charge in [0.2, 0.25) is 5.91 Å². The fourth-order valence-corrected chi connectivity index (χ4v) is 4.38. The molecule has 0 unspecified atom stereocenters. The molecule has 33 heavy (non-hydrogen) atoms. The molecule has 8 heteroatoms. The molecule has 0 saturated carbocycles. The first-order valence-electron chi connectivity index (χ1n) is 10.6. The van der Waals surface area contributed by atoms with Crippen LogP contribution in [0.5, 0.6) is 0 Å². The maximum Gasteiger partial charge on any atom is 0.261 e. The Kier molecular flexibility index (Phi) is 7.50. The molecule has 0 aromatic heterocycles. The molecule has 0 spiro atoms. The third-order valence-electron chi connectivity index (χ3n) is 5.36. The number of rotatable bonds is 8. The van der Waals surface area contributed by atoms with Gasteiger partial charge in [0.05, 0.1) is 17.1 Å². The first kappa shape index (κ1) is 24.0. The highest BCUT2D eigenvalue weighted by Gasteiger charge is 2.17. The van der Waals surface area contributed by atoms with E-state index in [1.165, 1.54) is 24.3 Å². The van der Waals surface area contributed by atoms with E-state index in [4.69, 9.17) is 0 Å². The lowest BCUT2D eigenvalue weighted by Crippen LogP contribution is -2.33. The van der Waals surface area contributed by atoms with Crippen LogP contribution in [-0.2, 0) is 21.2 Å². The molecular weight excluding hydrogens is 438 g/mol. The van der Waals surface area contributed by atoms with E-state index < -0.39 is 15.9 Å². The smallest absolute Gasteiger partial charge is 0.261 e. The van der Waals surface area contributed by atoms with Gasteiger partial charge >= 0.3 is 0 Å². The summed E-state index contributed by atoms with van der Waals surface area (Å²) in [7, 11) is -3.81. The van der Waals surface area contributed by atoms with Crippen LogP contribution in [0, 0.1) is 13.8 Å². The summed E-state index contributed by atoms with van der Waals surface area (Å²) in [6.45, 7) is 5.54. The lowest BCUT2D eigenvalue weighted by atomic mass is 10.1. The Balaban J connectivity index is 1.61. The van der Waals surface area contributed by atoms with E-state index >= 15 is 0 Å². The van der Waals surface area contributed by atoms with E-state index in [0.29, 0.717) is 11.4 Å². The van der Waals surface area contributed by atoms with Crippen LogP contribution in [0.4, 0.5) is 11.4 Å². The van der Waals surface area contributed by atoms with Crippen LogP contribution in [0.3, 0.4) is 0 Å². The SMILES string of the molecule is CCc1ccccc1NC(=O)CNC(=O)c1ccc(S(=O)(=O)Nc2cccc(C)c2C)cc1. The second-order valence-corrected chi connectivity index (χ2v) is 9.30. The number of aryl methyl sites for hydroxylation is 2. The van der Waals surface area contributed by atoms with Gasteiger partial charge in [0.15, 0.2) is 0 Å². The molecule has 2 amide bonds. The summed E-state index contributed by atoms with van der Waals surface area (Å²) in [5.74, 6) is -0.818. The van der Waals surface area contributed by atoms with E-state index in [0.717, 1.165) is 23.1 Å². The van der Waals surface area contributed by atoms with Crippen molar-refractivity contribution < 1.29 is 18.0 Å². The molecule has 3 N–H and O–H groups in total. The number of para-hydroxylation sites is 1. The van der Waals surface area contributed by atoms with Crippen molar-refractivity contribution >= 4 is 33.2 Å². The van der Waals surface area contributed by atoms with Crippen LogP contribution in [0.25, 0.3) is 0 Å². The van der Waals surface area contributed by atoms with Gasteiger partial charge in [-0.25, -0.2) is 8.42 Å². The Morgan fingerprint density at radius 2 is 1.52 bits per heavy atom. The van der Waals surface area contributed by atoms with Crippen molar-refractivity contribution in [2.24, 2.45) is 0 Å². The third kappa shape index (κ3) is 5.98. The second kappa shape index (κ2) is 10.3. The van der Waals surface area contributed by atoms with Gasteiger partial charge in [-0.05, 0) is 73.4 Å². The highest BCUT2D eigenvalue weighted by Crippen LogP contribution is 2.22. The van der Waals surface area contributed by atoms with Crippen molar-refractivity contribution in [3.63, 3.8) is 0 Å². The number of hydrogen-bond acceptors (Lipinski definition) is 4. The third-order valence-corrected chi connectivity index (χ3v) is 6.74. The number of carbonyl (C=O) groups excluding carboxylic acids is 2. The standard InChI is InChI=1S/C25H27N3O4S/c1-4-19-9-5-6-10-23(19)27-24(29)16-26-25(30)20-12-14-21(15-13-20)33(31,32)28-22-11-7-8-17(2)18(22)3/h5-15,28H,4,16H2,1-3H3,(H,26,30)(H,27,29). The summed E-state index contributed by atoms with van der Waals surface area (Å²) in [4.78, 5) is 24.7. The monoisotopic (exact) mass is 465 g/mol. The van der Waals surface area contributed by atoms with Crippen molar-refractivity contribution in [1.29, 1.82) is 0 Å². The minimum absolute atomic E-state index is 0.0360. The molecule has 0 aliphatic heterocycles. The number of carbonyl (C=O) groups is 2. The van der Waals surface area contributed by atoms with Crippen LogP contribution >= 0.6 is 0 Å². The maximum absolute atomic E-state index is 12.7. The Morgan fingerprint density at radius 1 is 0.848 bits per heavy atom. The van der Waals surface area contributed by atoms with Gasteiger partial charge in [0, 0.05) is 11.3 Å². The lowest BCUT2D eigenvalue weighted by molar-refractivity contribution is -0.115. The van der Waals surface area contributed by atoms with Gasteiger partial charge in [-0.3, -0.25) is 14.3 Å². The minimum Gasteiger partial charge on any atom is -0.343 e. The molecule has 0 fully saturated rings. The van der Waals surface area contributed by atoms with Crippen molar-refractivity contribution in [1.82, 2.24) is 5.32 Å². The molecule has 0 atom stereocenters. The molecule has 0 aliphatic rings. The van der Waals surface area contributed by atoms with Crippen LogP contribution in [0.1, 0.15) is 34.0 Å². The summed E-state index contributed by atoms with van der Waals surface area (Å²) < 4.78 is 28.0. The quantitative estimate of drug-likeness (QED) is 0.467. The van der Waals surface area contributed by atoms with Crippen molar-refractivity contribution in [3.8, 4) is 0 Å². The van der Waals surface area contributed by atoms with E-state index in [1.54, 1.807) is 12.1 Å². The molecule has 0 saturated heterocycles. The zero-order valence-corrected chi connectivity index (χ0v) is 19.6. The van der Waals surface area contributed by atoms with Crippen LogP contribution < -0.4 is 15.4 Å². The van der Waals surface area contributed by atoms with E-state index in [1.807, 2.05) is 51.1 Å². The van der Waals surface area contributed by atoms with Gasteiger partial charge < -0.3 is 10.6 Å². The Morgan fingerprint density at radius 3 is 2.21 bits per heavy atom. The van der Waals surface area contributed by atoms with E-state index in [-0.39, 0.29) is 22.9 Å². The summed E-state index contributed by atoms with van der Waals surface area (Å²) in [5, 5.41) is 5.34. The first-order chi connectivity index (χ1) is 15.7. The number of sulfonamides is 1. The number of hydrogen-bond donors (Lipinski definition) is 3. The minimum atomic E-state index is -3.81. The number of benzene rings is 3. The van der Waals surface area contributed by atoms with Gasteiger partial charge in [-0.2, -0.15) is 0 Å². The van der Waals surface area contributed by atoms with Crippen LogP contribution in [0.15, 0.2) is 71.6 Å². The average Bonchev–Trinajstić information content (AvgIpc) is 2.81. The predicted octanol–water partition coefficient (Wildman–Crippen LogP) is 4.04. The lowest BCUT2D eigenvalue weighted by Gasteiger charge is -2.13. The largest absolute Gasteiger partial charge is 0.343 e. The van der Waals surface area contributed by atoms with Gasteiger partial charge in [-0.1, -0.05) is 37.3 Å². The Bertz CT molecular complexity index is 1270. The van der Waals surface area contributed by atoms with Crippen molar-refractivity contribution in [3.05, 3.63) is 89.0 Å². The van der Waals surface area contributed by atoms with Gasteiger partial charge in [0.25, 0.3) is 15.9 Å². The second-order valence-electron chi connectivity index (χ2n) is 7.62. The molecule has 7 nitrogen and oxygen atoms in total. The topological polar surface area (TPSA) is 104 Å². The van der Waals surface area contributed by atoms with Crippen LogP contribution in [-0.4, -0.2) is 26.8 Å². The van der Waals surface area contributed by atoms with Gasteiger partial charge in [0.1, 0.15) is 0 Å². The summed E-state index contributed by atoms with van der Waals surface area (Å²) in [5.41, 5.74) is 4.30. The van der Waals surface area contributed by atoms with E-state index in [9.17, 15) is 18.0 Å². The molecule has 3 aromatic rings. The molecule has 0 aliphatic carbocycles. The fourth-order valence-electron chi connectivity index (χ4n) is 3.26. The number of nitrogens with one attached hydrogen (secondary N) is 3. The molecule has 0 bridgehead atoms. The molecule has 3 rings (SSSR count). The number of amides is 2. The highest BCUT2D eigenvalue weighted by atomic mass is 32.2. The normalized spacial score (nSPS) is 11.0. The summed E-state index contributed by atoms with van der Waals surface area (Å²) in [6.07, 6.45) is 0.774. The van der Waals surface area contributed by atoms with Crippen molar-refractivity contribution in [2.75, 3.05) is 16.6 Å². The summed E-state index contributed by atoms with van der Waals surface area (Å²) in [6, 6.07) is 18.4. The molecule has 3 aromatic carbocycles. The zero-order valence-electron chi connectivity index (χ0n) is 18.8. The van der Waals surface area contributed by atoms with Crippen molar-refractivity contribution in [2.45, 2.75) is 32.1 Å². The molecule has 172 valence electrons. The fraction of sp³-hybridized carbons (Fsp3) is 0.200.